The first kappa shape index (κ1) is 14.0. The van der Waals surface area contributed by atoms with E-state index in [9.17, 15) is 0 Å². The highest BCUT2D eigenvalue weighted by Crippen LogP contribution is 2.29. The number of nitrogens with one attached hydrogen (secondary N) is 1. The zero-order valence-corrected chi connectivity index (χ0v) is 12.0. The maximum atomic E-state index is 3.81. The van der Waals surface area contributed by atoms with Gasteiger partial charge in [0.15, 0.2) is 0 Å². The van der Waals surface area contributed by atoms with Crippen LogP contribution in [0, 0.1) is 17.3 Å². The molecule has 16 heavy (non-hydrogen) atoms. The largest absolute Gasteiger partial charge is 0.313 e. The van der Waals surface area contributed by atoms with Crippen molar-refractivity contribution < 1.29 is 0 Å². The summed E-state index contributed by atoms with van der Waals surface area (Å²) in [4.78, 5) is 0. The molecule has 1 fully saturated rings. The summed E-state index contributed by atoms with van der Waals surface area (Å²) in [6.07, 6.45) is 7.06. The number of hydrogen-bond donors (Lipinski definition) is 1. The molecule has 0 aromatic heterocycles. The average molecular weight is 225 g/mol. The Morgan fingerprint density at radius 2 is 1.94 bits per heavy atom. The average Bonchev–Trinajstić information content (AvgIpc) is 2.26. The van der Waals surface area contributed by atoms with Crippen LogP contribution >= 0.6 is 0 Å². The first-order valence-electron chi connectivity index (χ1n) is 7.19. The summed E-state index contributed by atoms with van der Waals surface area (Å²) in [5, 5.41) is 3.81. The van der Waals surface area contributed by atoms with Crippen LogP contribution in [0.15, 0.2) is 0 Å². The van der Waals surface area contributed by atoms with E-state index in [-0.39, 0.29) is 0 Å². The molecule has 0 saturated heterocycles. The van der Waals surface area contributed by atoms with Gasteiger partial charge in [-0.05, 0) is 30.1 Å². The Morgan fingerprint density at radius 1 is 1.25 bits per heavy atom. The fourth-order valence-corrected chi connectivity index (χ4v) is 2.46. The molecular weight excluding hydrogens is 194 g/mol. The lowest BCUT2D eigenvalue weighted by atomic mass is 9.79. The van der Waals surface area contributed by atoms with Crippen molar-refractivity contribution in [1.29, 1.82) is 0 Å². The van der Waals surface area contributed by atoms with Gasteiger partial charge in [0.25, 0.3) is 0 Å². The van der Waals surface area contributed by atoms with E-state index in [0.29, 0.717) is 5.41 Å². The van der Waals surface area contributed by atoms with Gasteiger partial charge in [-0.3, -0.25) is 0 Å². The predicted molar refractivity (Wildman–Crippen MR) is 72.7 cm³/mol. The minimum atomic E-state index is 0.430. The molecule has 1 aliphatic rings. The fraction of sp³-hybridized carbons (Fsp3) is 1.00. The minimum absolute atomic E-state index is 0.430. The Balaban J connectivity index is 2.32. The monoisotopic (exact) mass is 225 g/mol. The lowest BCUT2D eigenvalue weighted by molar-refractivity contribution is 0.202. The Morgan fingerprint density at radius 3 is 2.50 bits per heavy atom. The van der Waals surface area contributed by atoms with Crippen LogP contribution in [0.4, 0.5) is 0 Å². The second-order valence-corrected chi connectivity index (χ2v) is 6.66. The minimum Gasteiger partial charge on any atom is -0.313 e. The molecule has 1 saturated carbocycles. The van der Waals surface area contributed by atoms with Crippen LogP contribution in [0.25, 0.3) is 0 Å². The molecule has 0 bridgehead atoms. The molecule has 1 nitrogen and oxygen atoms in total. The predicted octanol–water partition coefficient (Wildman–Crippen LogP) is 4.23. The van der Waals surface area contributed by atoms with Crippen molar-refractivity contribution in [2.75, 3.05) is 6.54 Å². The third-order valence-corrected chi connectivity index (χ3v) is 4.77. The Hall–Kier alpha value is -0.0400. The molecule has 0 heterocycles. The summed E-state index contributed by atoms with van der Waals surface area (Å²) in [6, 6.07) is 0.789. The second-order valence-electron chi connectivity index (χ2n) is 6.66. The summed E-state index contributed by atoms with van der Waals surface area (Å²) < 4.78 is 0. The highest BCUT2D eigenvalue weighted by molar-refractivity contribution is 4.81. The van der Waals surface area contributed by atoms with E-state index in [2.05, 4.69) is 39.9 Å². The van der Waals surface area contributed by atoms with Gasteiger partial charge in [0.05, 0.1) is 0 Å². The molecule has 1 aliphatic carbocycles. The molecule has 2 unspecified atom stereocenters. The van der Waals surface area contributed by atoms with Crippen LogP contribution in [0.5, 0.6) is 0 Å². The van der Waals surface area contributed by atoms with E-state index >= 15 is 0 Å². The Kier molecular flexibility index (Phi) is 5.30. The quantitative estimate of drug-likeness (QED) is 0.738. The highest BCUT2D eigenvalue weighted by atomic mass is 14.9. The van der Waals surface area contributed by atoms with Crippen molar-refractivity contribution in [3.05, 3.63) is 0 Å². The van der Waals surface area contributed by atoms with Gasteiger partial charge in [-0.1, -0.05) is 53.9 Å². The highest BCUT2D eigenvalue weighted by Gasteiger charge is 2.25. The van der Waals surface area contributed by atoms with Gasteiger partial charge in [-0.2, -0.15) is 0 Å². The molecule has 1 N–H and O–H groups in total. The van der Waals surface area contributed by atoms with Crippen molar-refractivity contribution in [2.24, 2.45) is 17.3 Å². The number of rotatable bonds is 5. The molecule has 0 amide bonds. The molecule has 2 atom stereocenters. The van der Waals surface area contributed by atoms with Crippen LogP contribution < -0.4 is 5.32 Å². The van der Waals surface area contributed by atoms with Gasteiger partial charge < -0.3 is 5.32 Å². The Labute approximate surface area is 102 Å². The molecule has 0 aromatic carbocycles. The summed E-state index contributed by atoms with van der Waals surface area (Å²) in [7, 11) is 0. The van der Waals surface area contributed by atoms with Crippen LogP contribution in [-0.2, 0) is 0 Å². The van der Waals surface area contributed by atoms with E-state index in [1.54, 1.807) is 0 Å². The molecular formula is C15H31N. The lowest BCUT2D eigenvalue weighted by Gasteiger charge is -2.35. The van der Waals surface area contributed by atoms with E-state index in [4.69, 9.17) is 0 Å². The SMILES string of the molecule is CCC1CCCC(NCC(C)(C)C(C)C)C1. The van der Waals surface area contributed by atoms with E-state index in [1.807, 2.05) is 0 Å². The van der Waals surface area contributed by atoms with Crippen LogP contribution in [-0.4, -0.2) is 12.6 Å². The van der Waals surface area contributed by atoms with Crippen molar-refractivity contribution in [2.45, 2.75) is 72.8 Å². The van der Waals surface area contributed by atoms with Gasteiger partial charge in [-0.15, -0.1) is 0 Å². The Bertz CT molecular complexity index is 196. The molecule has 1 heteroatoms. The van der Waals surface area contributed by atoms with E-state index in [0.717, 1.165) is 17.9 Å². The van der Waals surface area contributed by atoms with Crippen molar-refractivity contribution in [3.8, 4) is 0 Å². The second kappa shape index (κ2) is 6.05. The van der Waals surface area contributed by atoms with Crippen LogP contribution in [0.3, 0.4) is 0 Å². The van der Waals surface area contributed by atoms with E-state index in [1.165, 1.54) is 38.6 Å². The molecule has 1 rings (SSSR count). The van der Waals surface area contributed by atoms with E-state index < -0.39 is 0 Å². The van der Waals surface area contributed by atoms with Gasteiger partial charge in [0.2, 0.25) is 0 Å². The maximum Gasteiger partial charge on any atom is 0.00699 e. The first-order valence-corrected chi connectivity index (χ1v) is 7.19. The fourth-order valence-electron chi connectivity index (χ4n) is 2.46. The normalized spacial score (nSPS) is 27.4. The third-order valence-electron chi connectivity index (χ3n) is 4.77. The molecule has 0 aliphatic heterocycles. The zero-order valence-electron chi connectivity index (χ0n) is 12.0. The number of hydrogen-bond acceptors (Lipinski definition) is 1. The molecule has 0 radical (unpaired) electrons. The van der Waals surface area contributed by atoms with Crippen LogP contribution in [0.2, 0.25) is 0 Å². The standard InChI is InChI=1S/C15H31N/c1-6-13-8-7-9-14(10-13)16-11-15(4,5)12(2)3/h12-14,16H,6-11H2,1-5H3. The lowest BCUT2D eigenvalue weighted by Crippen LogP contribution is -2.41. The topological polar surface area (TPSA) is 12.0 Å². The zero-order chi connectivity index (χ0) is 12.2. The van der Waals surface area contributed by atoms with Crippen molar-refractivity contribution >= 4 is 0 Å². The third kappa shape index (κ3) is 4.08. The smallest absolute Gasteiger partial charge is 0.00699 e. The molecule has 96 valence electrons. The summed E-state index contributed by atoms with van der Waals surface area (Å²) in [6.45, 7) is 12.9. The molecule has 0 spiro atoms. The van der Waals surface area contributed by atoms with Gasteiger partial charge in [-0.25, -0.2) is 0 Å². The van der Waals surface area contributed by atoms with Crippen molar-refractivity contribution in [3.63, 3.8) is 0 Å². The molecule has 0 aromatic rings. The first-order chi connectivity index (χ1) is 7.45. The summed E-state index contributed by atoms with van der Waals surface area (Å²) in [5.41, 5.74) is 0.430. The van der Waals surface area contributed by atoms with Gasteiger partial charge in [0, 0.05) is 12.6 Å². The summed E-state index contributed by atoms with van der Waals surface area (Å²) in [5.74, 6) is 1.74. The van der Waals surface area contributed by atoms with Crippen LogP contribution in [0.1, 0.15) is 66.7 Å². The summed E-state index contributed by atoms with van der Waals surface area (Å²) >= 11 is 0. The van der Waals surface area contributed by atoms with Gasteiger partial charge >= 0.3 is 0 Å². The van der Waals surface area contributed by atoms with Crippen molar-refractivity contribution in [1.82, 2.24) is 5.32 Å². The van der Waals surface area contributed by atoms with Gasteiger partial charge in [0.1, 0.15) is 0 Å². The maximum absolute atomic E-state index is 3.81.